The average Bonchev–Trinajstić information content (AvgIpc) is 2.84. The van der Waals surface area contributed by atoms with Gasteiger partial charge in [0.1, 0.15) is 11.6 Å². The lowest BCUT2D eigenvalue weighted by Gasteiger charge is -2.23. The average molecular weight is 257 g/mol. The highest BCUT2D eigenvalue weighted by molar-refractivity contribution is 5.29. The molecule has 2 heterocycles. The van der Waals surface area contributed by atoms with Crippen molar-refractivity contribution in [1.29, 1.82) is 0 Å². The smallest absolute Gasteiger partial charge is 0.118 e. The lowest BCUT2D eigenvalue weighted by Crippen LogP contribution is -2.26. The molecule has 100 valence electrons. The number of hydrogen-bond donors (Lipinski definition) is 1. The van der Waals surface area contributed by atoms with Crippen molar-refractivity contribution in [3.8, 4) is 5.75 Å². The first-order valence-corrected chi connectivity index (χ1v) is 6.71. The highest BCUT2D eigenvalue weighted by Gasteiger charge is 2.20. The largest absolute Gasteiger partial charge is 0.497 e. The van der Waals surface area contributed by atoms with Crippen molar-refractivity contribution in [3.63, 3.8) is 0 Å². The molecular formula is C15H19N3O. The van der Waals surface area contributed by atoms with Gasteiger partial charge in [0.15, 0.2) is 0 Å². The number of rotatable bonds is 3. The van der Waals surface area contributed by atoms with E-state index in [9.17, 15) is 0 Å². The van der Waals surface area contributed by atoms with E-state index in [1.54, 1.807) is 7.11 Å². The van der Waals surface area contributed by atoms with E-state index >= 15 is 0 Å². The van der Waals surface area contributed by atoms with Gasteiger partial charge in [0.2, 0.25) is 0 Å². The molecule has 0 saturated heterocycles. The zero-order valence-electron chi connectivity index (χ0n) is 11.2. The van der Waals surface area contributed by atoms with Crippen LogP contribution in [0, 0.1) is 0 Å². The van der Waals surface area contributed by atoms with Gasteiger partial charge < -0.3 is 15.0 Å². The van der Waals surface area contributed by atoms with Gasteiger partial charge in [0.25, 0.3) is 0 Å². The van der Waals surface area contributed by atoms with Crippen molar-refractivity contribution in [2.45, 2.75) is 31.8 Å². The number of nitrogens with two attached hydrogens (primary N) is 1. The standard InChI is InChI=1S/C15H19N3O/c1-19-13-7-5-11(6-8-13)9-15-17-10-12-3-2-4-14(16)18(12)15/h5-8,10,14H,2-4,9,16H2,1H3. The first-order valence-electron chi connectivity index (χ1n) is 6.71. The summed E-state index contributed by atoms with van der Waals surface area (Å²) in [7, 11) is 1.68. The van der Waals surface area contributed by atoms with Crippen LogP contribution in [0.25, 0.3) is 0 Å². The highest BCUT2D eigenvalue weighted by Crippen LogP contribution is 2.24. The molecule has 1 unspecified atom stereocenters. The fourth-order valence-electron chi connectivity index (χ4n) is 2.71. The second-order valence-electron chi connectivity index (χ2n) is 5.02. The summed E-state index contributed by atoms with van der Waals surface area (Å²) in [4.78, 5) is 4.54. The number of imidazole rings is 1. The molecule has 2 aromatic rings. The van der Waals surface area contributed by atoms with Gasteiger partial charge in [0, 0.05) is 18.3 Å². The van der Waals surface area contributed by atoms with Gasteiger partial charge in [-0.3, -0.25) is 0 Å². The summed E-state index contributed by atoms with van der Waals surface area (Å²) >= 11 is 0. The molecule has 1 aliphatic rings. The van der Waals surface area contributed by atoms with Crippen LogP contribution in [0.5, 0.6) is 5.75 Å². The van der Waals surface area contributed by atoms with Crippen LogP contribution in [0.3, 0.4) is 0 Å². The van der Waals surface area contributed by atoms with Crippen LogP contribution < -0.4 is 10.5 Å². The van der Waals surface area contributed by atoms with Crippen molar-refractivity contribution >= 4 is 0 Å². The molecule has 0 bridgehead atoms. The zero-order valence-corrected chi connectivity index (χ0v) is 11.2. The molecule has 3 rings (SSSR count). The Labute approximate surface area is 113 Å². The number of nitrogens with zero attached hydrogens (tertiary/aromatic N) is 2. The Bertz CT molecular complexity index is 559. The molecule has 1 aromatic carbocycles. The molecule has 0 spiro atoms. The molecule has 2 N–H and O–H groups in total. The fraction of sp³-hybridized carbons (Fsp3) is 0.400. The van der Waals surface area contributed by atoms with E-state index in [1.165, 1.54) is 11.3 Å². The molecule has 4 nitrogen and oxygen atoms in total. The van der Waals surface area contributed by atoms with Crippen molar-refractivity contribution in [2.75, 3.05) is 7.11 Å². The zero-order chi connectivity index (χ0) is 13.2. The minimum atomic E-state index is 0.0829. The molecule has 1 aromatic heterocycles. The monoisotopic (exact) mass is 257 g/mol. The third-order valence-electron chi connectivity index (χ3n) is 3.74. The lowest BCUT2D eigenvalue weighted by atomic mass is 10.1. The van der Waals surface area contributed by atoms with Gasteiger partial charge in [-0.05, 0) is 37.0 Å². The maximum absolute atomic E-state index is 6.19. The van der Waals surface area contributed by atoms with E-state index < -0.39 is 0 Å². The van der Waals surface area contributed by atoms with E-state index in [0.717, 1.165) is 37.3 Å². The molecule has 0 fully saturated rings. The predicted molar refractivity (Wildman–Crippen MR) is 74.2 cm³/mol. The SMILES string of the molecule is COc1ccc(Cc2ncc3n2C(N)CCC3)cc1. The van der Waals surface area contributed by atoms with E-state index in [2.05, 4.69) is 21.7 Å². The Morgan fingerprint density at radius 2 is 2.16 bits per heavy atom. The number of aromatic nitrogens is 2. The summed E-state index contributed by atoms with van der Waals surface area (Å²) in [5.74, 6) is 1.94. The van der Waals surface area contributed by atoms with Gasteiger partial charge in [-0.25, -0.2) is 4.98 Å². The number of fused-ring (bicyclic) bond motifs is 1. The first-order chi connectivity index (χ1) is 9.28. The molecule has 0 saturated carbocycles. The maximum atomic E-state index is 6.19. The topological polar surface area (TPSA) is 53.1 Å². The quantitative estimate of drug-likeness (QED) is 0.917. The number of ether oxygens (including phenoxy) is 1. The maximum Gasteiger partial charge on any atom is 0.118 e. The minimum absolute atomic E-state index is 0.0829. The van der Waals surface area contributed by atoms with Crippen LogP contribution in [-0.4, -0.2) is 16.7 Å². The summed E-state index contributed by atoms with van der Waals surface area (Å²) in [6.45, 7) is 0. The van der Waals surface area contributed by atoms with Gasteiger partial charge in [-0.15, -0.1) is 0 Å². The van der Waals surface area contributed by atoms with Gasteiger partial charge in [0.05, 0.1) is 13.3 Å². The van der Waals surface area contributed by atoms with Crippen LogP contribution in [-0.2, 0) is 12.8 Å². The van der Waals surface area contributed by atoms with E-state index in [-0.39, 0.29) is 6.17 Å². The van der Waals surface area contributed by atoms with Crippen molar-refractivity contribution in [2.24, 2.45) is 5.73 Å². The van der Waals surface area contributed by atoms with Crippen molar-refractivity contribution < 1.29 is 4.74 Å². The highest BCUT2D eigenvalue weighted by atomic mass is 16.5. The molecule has 0 aliphatic carbocycles. The third-order valence-corrected chi connectivity index (χ3v) is 3.74. The van der Waals surface area contributed by atoms with E-state index in [0.29, 0.717) is 0 Å². The fourth-order valence-corrected chi connectivity index (χ4v) is 2.71. The van der Waals surface area contributed by atoms with Gasteiger partial charge >= 0.3 is 0 Å². The van der Waals surface area contributed by atoms with E-state index in [4.69, 9.17) is 10.5 Å². The van der Waals surface area contributed by atoms with E-state index in [1.807, 2.05) is 18.3 Å². The number of methoxy groups -OCH3 is 1. The van der Waals surface area contributed by atoms with Crippen LogP contribution in [0.15, 0.2) is 30.5 Å². The summed E-state index contributed by atoms with van der Waals surface area (Å²) in [5, 5.41) is 0. The Hall–Kier alpha value is -1.81. The predicted octanol–water partition coefficient (Wildman–Crippen LogP) is 2.28. The second-order valence-corrected chi connectivity index (χ2v) is 5.02. The normalized spacial score (nSPS) is 18.1. The Kier molecular flexibility index (Phi) is 3.25. The van der Waals surface area contributed by atoms with Crippen LogP contribution in [0.4, 0.5) is 0 Å². The molecule has 1 atom stereocenters. The molecule has 4 heteroatoms. The number of benzene rings is 1. The minimum Gasteiger partial charge on any atom is -0.497 e. The summed E-state index contributed by atoms with van der Waals surface area (Å²) in [5.41, 5.74) is 8.69. The molecular weight excluding hydrogens is 238 g/mol. The Morgan fingerprint density at radius 3 is 2.89 bits per heavy atom. The van der Waals surface area contributed by atoms with Gasteiger partial charge in [-0.2, -0.15) is 0 Å². The number of aryl methyl sites for hydroxylation is 1. The van der Waals surface area contributed by atoms with Crippen LogP contribution in [0.1, 0.15) is 36.1 Å². The molecule has 0 amide bonds. The van der Waals surface area contributed by atoms with Crippen LogP contribution >= 0.6 is 0 Å². The van der Waals surface area contributed by atoms with Crippen LogP contribution in [0.2, 0.25) is 0 Å². The summed E-state index contributed by atoms with van der Waals surface area (Å²) in [6, 6.07) is 8.12. The summed E-state index contributed by atoms with van der Waals surface area (Å²) in [6.07, 6.45) is 6.16. The Balaban J connectivity index is 1.85. The van der Waals surface area contributed by atoms with Crippen molar-refractivity contribution in [1.82, 2.24) is 9.55 Å². The Morgan fingerprint density at radius 1 is 1.37 bits per heavy atom. The number of hydrogen-bond acceptors (Lipinski definition) is 3. The van der Waals surface area contributed by atoms with Crippen molar-refractivity contribution in [3.05, 3.63) is 47.5 Å². The molecule has 0 radical (unpaired) electrons. The lowest BCUT2D eigenvalue weighted by molar-refractivity contribution is 0.403. The summed E-state index contributed by atoms with van der Waals surface area (Å²) < 4.78 is 7.37. The molecule has 19 heavy (non-hydrogen) atoms. The first kappa shape index (κ1) is 12.2. The molecule has 1 aliphatic heterocycles. The third kappa shape index (κ3) is 2.36. The van der Waals surface area contributed by atoms with Gasteiger partial charge in [-0.1, -0.05) is 12.1 Å². The second kappa shape index (κ2) is 5.05.